The van der Waals surface area contributed by atoms with Crippen molar-refractivity contribution in [1.82, 2.24) is 0 Å². The second-order valence-corrected chi connectivity index (χ2v) is 4.93. The van der Waals surface area contributed by atoms with Gasteiger partial charge in [0.05, 0.1) is 6.61 Å². The fourth-order valence-electron chi connectivity index (χ4n) is 2.62. The van der Waals surface area contributed by atoms with Crippen LogP contribution in [0.1, 0.15) is 32.6 Å². The average Bonchev–Trinajstić information content (AvgIpc) is 2.92. The molecule has 0 amide bonds. The number of nitrogens with one attached hydrogen (secondary N) is 1. The zero-order valence-corrected chi connectivity index (χ0v) is 11.2. The zero-order chi connectivity index (χ0) is 13.7. The molecule has 4 heteroatoms. The molecule has 0 aliphatic heterocycles. The van der Waals surface area contributed by atoms with Crippen LogP contribution in [0.15, 0.2) is 24.3 Å². The summed E-state index contributed by atoms with van der Waals surface area (Å²) in [4.78, 5) is 12.0. The van der Waals surface area contributed by atoms with Gasteiger partial charge in [0.2, 0.25) is 0 Å². The first-order chi connectivity index (χ1) is 9.20. The fourth-order valence-corrected chi connectivity index (χ4v) is 2.62. The maximum atomic E-state index is 12.9. The third-order valence-corrected chi connectivity index (χ3v) is 3.58. The molecule has 1 saturated carbocycles. The highest BCUT2D eigenvalue weighted by Gasteiger charge is 2.31. The Labute approximate surface area is 113 Å². The van der Waals surface area contributed by atoms with Crippen LogP contribution in [0.2, 0.25) is 0 Å². The topological polar surface area (TPSA) is 38.3 Å². The molecule has 0 spiro atoms. The normalized spacial score (nSPS) is 17.2. The summed E-state index contributed by atoms with van der Waals surface area (Å²) >= 11 is 0. The van der Waals surface area contributed by atoms with Crippen LogP contribution in [0.4, 0.5) is 10.1 Å². The van der Waals surface area contributed by atoms with Gasteiger partial charge in [-0.1, -0.05) is 12.8 Å². The van der Waals surface area contributed by atoms with E-state index in [0.717, 1.165) is 31.4 Å². The highest BCUT2D eigenvalue weighted by Crippen LogP contribution is 2.30. The molecule has 2 rings (SSSR count). The average molecular weight is 265 g/mol. The standard InChI is InChI=1S/C15H20FNO2/c1-2-19-15(18)14(11-5-3-4-6-11)17-13-9-7-12(16)8-10-13/h7-11,14,17H,2-6H2,1H3. The van der Waals surface area contributed by atoms with Crippen LogP contribution in [0.5, 0.6) is 0 Å². The van der Waals surface area contributed by atoms with Crippen molar-refractivity contribution in [2.75, 3.05) is 11.9 Å². The van der Waals surface area contributed by atoms with E-state index in [9.17, 15) is 9.18 Å². The van der Waals surface area contributed by atoms with Gasteiger partial charge >= 0.3 is 5.97 Å². The van der Waals surface area contributed by atoms with Gasteiger partial charge in [0, 0.05) is 5.69 Å². The molecule has 0 bridgehead atoms. The third-order valence-electron chi connectivity index (χ3n) is 3.58. The number of hydrogen-bond acceptors (Lipinski definition) is 3. The second-order valence-electron chi connectivity index (χ2n) is 4.93. The van der Waals surface area contributed by atoms with Gasteiger partial charge in [0.25, 0.3) is 0 Å². The number of benzene rings is 1. The molecule has 1 fully saturated rings. The van der Waals surface area contributed by atoms with Crippen LogP contribution >= 0.6 is 0 Å². The minimum absolute atomic E-state index is 0.210. The molecule has 1 aromatic rings. The number of carbonyl (C=O) groups is 1. The van der Waals surface area contributed by atoms with Gasteiger partial charge in [0.1, 0.15) is 11.9 Å². The van der Waals surface area contributed by atoms with Gasteiger partial charge in [-0.25, -0.2) is 9.18 Å². The van der Waals surface area contributed by atoms with Gasteiger partial charge in [-0.15, -0.1) is 0 Å². The lowest BCUT2D eigenvalue weighted by molar-refractivity contribution is -0.145. The van der Waals surface area contributed by atoms with E-state index in [1.807, 2.05) is 6.92 Å². The highest BCUT2D eigenvalue weighted by atomic mass is 19.1. The minimum atomic E-state index is -0.326. The molecular weight excluding hydrogens is 245 g/mol. The van der Waals surface area contributed by atoms with E-state index in [4.69, 9.17) is 4.74 Å². The Bertz CT molecular complexity index is 413. The zero-order valence-electron chi connectivity index (χ0n) is 11.2. The van der Waals surface area contributed by atoms with Gasteiger partial charge in [-0.05, 0) is 49.9 Å². The number of rotatable bonds is 5. The van der Waals surface area contributed by atoms with Crippen molar-refractivity contribution in [3.05, 3.63) is 30.1 Å². The van der Waals surface area contributed by atoms with E-state index >= 15 is 0 Å². The van der Waals surface area contributed by atoms with Crippen molar-refractivity contribution in [1.29, 1.82) is 0 Å². The highest BCUT2D eigenvalue weighted by molar-refractivity contribution is 5.79. The molecule has 0 heterocycles. The van der Waals surface area contributed by atoms with Gasteiger partial charge in [-0.2, -0.15) is 0 Å². The molecule has 19 heavy (non-hydrogen) atoms. The number of carbonyl (C=O) groups excluding carboxylic acids is 1. The molecule has 0 radical (unpaired) electrons. The monoisotopic (exact) mass is 265 g/mol. The summed E-state index contributed by atoms with van der Waals surface area (Å²) in [5.41, 5.74) is 0.756. The van der Waals surface area contributed by atoms with Gasteiger partial charge in [-0.3, -0.25) is 0 Å². The summed E-state index contributed by atoms with van der Waals surface area (Å²) < 4.78 is 18.0. The first kappa shape index (κ1) is 13.8. The Kier molecular flexibility index (Phi) is 4.77. The van der Waals surface area contributed by atoms with Crippen LogP contribution in [0.3, 0.4) is 0 Å². The Morgan fingerprint density at radius 2 is 2.00 bits per heavy atom. The minimum Gasteiger partial charge on any atom is -0.464 e. The Morgan fingerprint density at radius 1 is 1.37 bits per heavy atom. The first-order valence-electron chi connectivity index (χ1n) is 6.89. The number of ether oxygens (including phenoxy) is 1. The van der Waals surface area contributed by atoms with Crippen LogP contribution < -0.4 is 5.32 Å². The van der Waals surface area contributed by atoms with E-state index in [1.165, 1.54) is 12.1 Å². The van der Waals surface area contributed by atoms with E-state index < -0.39 is 0 Å². The van der Waals surface area contributed by atoms with Crippen molar-refractivity contribution < 1.29 is 13.9 Å². The summed E-state index contributed by atoms with van der Waals surface area (Å²) in [6.45, 7) is 2.19. The van der Waals surface area contributed by atoms with Crippen molar-refractivity contribution in [2.24, 2.45) is 5.92 Å². The molecule has 1 N–H and O–H groups in total. The Hall–Kier alpha value is -1.58. The lowest BCUT2D eigenvalue weighted by atomic mass is 9.98. The molecule has 1 aliphatic carbocycles. The molecule has 0 saturated heterocycles. The Morgan fingerprint density at radius 3 is 2.58 bits per heavy atom. The lowest BCUT2D eigenvalue weighted by Gasteiger charge is -2.23. The van der Waals surface area contributed by atoms with E-state index in [2.05, 4.69) is 5.32 Å². The lowest BCUT2D eigenvalue weighted by Crippen LogP contribution is -2.37. The maximum Gasteiger partial charge on any atom is 0.328 e. The van der Waals surface area contributed by atoms with Gasteiger partial charge < -0.3 is 10.1 Å². The smallest absolute Gasteiger partial charge is 0.328 e. The third kappa shape index (κ3) is 3.69. The number of esters is 1. The SMILES string of the molecule is CCOC(=O)C(Nc1ccc(F)cc1)C1CCCC1. The van der Waals surface area contributed by atoms with E-state index in [0.29, 0.717) is 12.5 Å². The van der Waals surface area contributed by atoms with Crippen molar-refractivity contribution in [3.8, 4) is 0 Å². The summed E-state index contributed by atoms with van der Waals surface area (Å²) in [5.74, 6) is -0.179. The largest absolute Gasteiger partial charge is 0.464 e. The molecule has 1 aliphatic rings. The van der Waals surface area contributed by atoms with Crippen molar-refractivity contribution in [2.45, 2.75) is 38.6 Å². The maximum absolute atomic E-state index is 12.9. The predicted molar refractivity (Wildman–Crippen MR) is 72.4 cm³/mol. The molecule has 3 nitrogen and oxygen atoms in total. The first-order valence-corrected chi connectivity index (χ1v) is 6.89. The van der Waals surface area contributed by atoms with Crippen LogP contribution in [0, 0.1) is 11.7 Å². The molecule has 1 aromatic carbocycles. The second kappa shape index (κ2) is 6.55. The Balaban J connectivity index is 2.08. The summed E-state index contributed by atoms with van der Waals surface area (Å²) in [6.07, 6.45) is 4.40. The predicted octanol–water partition coefficient (Wildman–Crippen LogP) is 3.36. The molecule has 0 aromatic heterocycles. The van der Waals surface area contributed by atoms with E-state index in [1.54, 1.807) is 12.1 Å². The van der Waals surface area contributed by atoms with Crippen LogP contribution in [-0.2, 0) is 9.53 Å². The molecule has 104 valence electrons. The fraction of sp³-hybridized carbons (Fsp3) is 0.533. The van der Waals surface area contributed by atoms with E-state index in [-0.39, 0.29) is 17.8 Å². The van der Waals surface area contributed by atoms with Gasteiger partial charge in [0.15, 0.2) is 0 Å². The van der Waals surface area contributed by atoms with Crippen molar-refractivity contribution in [3.63, 3.8) is 0 Å². The summed E-state index contributed by atoms with van der Waals surface area (Å²) in [7, 11) is 0. The quantitative estimate of drug-likeness (QED) is 0.830. The molecular formula is C15H20FNO2. The number of hydrogen-bond donors (Lipinski definition) is 1. The molecule has 1 unspecified atom stereocenters. The van der Waals surface area contributed by atoms with Crippen LogP contribution in [-0.4, -0.2) is 18.6 Å². The van der Waals surface area contributed by atoms with Crippen LogP contribution in [0.25, 0.3) is 0 Å². The molecule has 1 atom stereocenters. The summed E-state index contributed by atoms with van der Waals surface area (Å²) in [5, 5.41) is 3.19. The van der Waals surface area contributed by atoms with Crippen molar-refractivity contribution >= 4 is 11.7 Å². The summed E-state index contributed by atoms with van der Waals surface area (Å²) in [6, 6.07) is 5.75. The number of halogens is 1. The number of anilines is 1.